The molecule has 1 N–H and O–H groups in total. The summed E-state index contributed by atoms with van der Waals surface area (Å²) in [6.07, 6.45) is 0. The maximum absolute atomic E-state index is 12.7. The van der Waals surface area contributed by atoms with Crippen LogP contribution in [0.1, 0.15) is 5.56 Å². The van der Waals surface area contributed by atoms with Crippen molar-refractivity contribution < 1.29 is 18.1 Å². The number of halogens is 1. The minimum atomic E-state index is -3.80. The van der Waals surface area contributed by atoms with Crippen molar-refractivity contribution in [3.63, 3.8) is 0 Å². The molecule has 0 atom stereocenters. The third-order valence-corrected chi connectivity index (χ3v) is 6.32. The molecule has 1 heterocycles. The first-order valence-electron chi connectivity index (χ1n) is 8.22. The number of nitrogens with zero attached hydrogens (tertiary/aromatic N) is 2. The number of rotatable bonds is 6. The number of anilines is 1. The molecule has 2 aromatic carbocycles. The summed E-state index contributed by atoms with van der Waals surface area (Å²) < 4.78 is 31.8. The van der Waals surface area contributed by atoms with Gasteiger partial charge in [0.05, 0.1) is 23.0 Å². The van der Waals surface area contributed by atoms with Gasteiger partial charge in [-0.15, -0.1) is 0 Å². The maximum Gasteiger partial charge on any atom is 0.293 e. The van der Waals surface area contributed by atoms with Crippen molar-refractivity contribution in [3.05, 3.63) is 63.2 Å². The summed E-state index contributed by atoms with van der Waals surface area (Å²) in [5.41, 5.74) is 0.841. The predicted molar refractivity (Wildman–Crippen MR) is 101 cm³/mol. The number of hydrogen-bond donors (Lipinski definition) is 1. The maximum atomic E-state index is 12.7. The van der Waals surface area contributed by atoms with Crippen LogP contribution in [0.15, 0.2) is 47.4 Å². The van der Waals surface area contributed by atoms with Gasteiger partial charge in [0.25, 0.3) is 5.69 Å². The molecule has 3 rings (SSSR count). The van der Waals surface area contributed by atoms with E-state index in [-0.39, 0.29) is 29.4 Å². The molecule has 0 aliphatic carbocycles. The molecule has 27 heavy (non-hydrogen) atoms. The molecule has 0 unspecified atom stereocenters. The number of hydrogen-bond acceptors (Lipinski definition) is 6. The number of nitrogens with one attached hydrogen (secondary N) is 1. The van der Waals surface area contributed by atoms with Crippen molar-refractivity contribution in [1.82, 2.24) is 4.31 Å². The second kappa shape index (κ2) is 8.22. The third-order valence-electron chi connectivity index (χ3n) is 4.17. The van der Waals surface area contributed by atoms with Crippen molar-refractivity contribution in [1.29, 1.82) is 0 Å². The van der Waals surface area contributed by atoms with Crippen LogP contribution >= 0.6 is 11.6 Å². The molecule has 1 fully saturated rings. The van der Waals surface area contributed by atoms with Gasteiger partial charge >= 0.3 is 0 Å². The van der Waals surface area contributed by atoms with E-state index >= 15 is 0 Å². The molecule has 144 valence electrons. The zero-order chi connectivity index (χ0) is 19.4. The number of benzene rings is 2. The summed E-state index contributed by atoms with van der Waals surface area (Å²) in [5, 5.41) is 15.0. The summed E-state index contributed by atoms with van der Waals surface area (Å²) >= 11 is 5.84. The molecule has 0 saturated carbocycles. The Balaban J connectivity index is 1.84. The highest BCUT2D eigenvalue weighted by Gasteiger charge is 2.28. The number of sulfonamides is 1. The van der Waals surface area contributed by atoms with Gasteiger partial charge in [0.1, 0.15) is 5.69 Å². The third kappa shape index (κ3) is 4.56. The van der Waals surface area contributed by atoms with E-state index < -0.39 is 14.9 Å². The first kappa shape index (κ1) is 19.6. The van der Waals surface area contributed by atoms with Crippen LogP contribution in [-0.2, 0) is 21.3 Å². The molecule has 0 bridgehead atoms. The Morgan fingerprint density at radius 1 is 1.15 bits per heavy atom. The van der Waals surface area contributed by atoms with Gasteiger partial charge in [-0.05, 0) is 29.8 Å². The van der Waals surface area contributed by atoms with Crippen LogP contribution in [0.2, 0.25) is 5.02 Å². The van der Waals surface area contributed by atoms with E-state index in [9.17, 15) is 18.5 Å². The van der Waals surface area contributed by atoms with Crippen LogP contribution in [0.5, 0.6) is 0 Å². The van der Waals surface area contributed by atoms with E-state index in [2.05, 4.69) is 5.32 Å². The van der Waals surface area contributed by atoms with Gasteiger partial charge in [-0.25, -0.2) is 8.42 Å². The van der Waals surface area contributed by atoms with E-state index in [1.807, 2.05) is 0 Å². The first-order chi connectivity index (χ1) is 12.9. The Morgan fingerprint density at radius 2 is 1.81 bits per heavy atom. The Bertz CT molecular complexity index is 928. The van der Waals surface area contributed by atoms with Gasteiger partial charge in [-0.1, -0.05) is 23.7 Å². The van der Waals surface area contributed by atoms with Gasteiger partial charge in [-0.2, -0.15) is 4.31 Å². The minimum absolute atomic E-state index is 0.104. The molecule has 8 nitrogen and oxygen atoms in total. The second-order valence-corrected chi connectivity index (χ2v) is 8.31. The van der Waals surface area contributed by atoms with Crippen LogP contribution < -0.4 is 5.32 Å². The summed E-state index contributed by atoms with van der Waals surface area (Å²) in [5.74, 6) is 0. The number of nitro benzene ring substituents is 1. The Hall–Kier alpha value is -2.20. The molecule has 0 aromatic heterocycles. The van der Waals surface area contributed by atoms with E-state index in [1.54, 1.807) is 24.3 Å². The lowest BCUT2D eigenvalue weighted by Crippen LogP contribution is -2.40. The number of morpholine rings is 1. The normalized spacial score (nSPS) is 15.4. The van der Waals surface area contributed by atoms with Crippen LogP contribution in [0.25, 0.3) is 0 Å². The molecule has 10 heteroatoms. The lowest BCUT2D eigenvalue weighted by Gasteiger charge is -2.26. The largest absolute Gasteiger partial charge is 0.379 e. The van der Waals surface area contributed by atoms with E-state index in [0.717, 1.165) is 11.6 Å². The lowest BCUT2D eigenvalue weighted by atomic mass is 10.2. The highest BCUT2D eigenvalue weighted by Crippen LogP contribution is 2.29. The molecule has 0 radical (unpaired) electrons. The molecule has 1 aliphatic rings. The van der Waals surface area contributed by atoms with Crippen molar-refractivity contribution in [2.24, 2.45) is 0 Å². The van der Waals surface area contributed by atoms with Crippen molar-refractivity contribution >= 4 is 33.0 Å². The lowest BCUT2D eigenvalue weighted by molar-refractivity contribution is -0.384. The zero-order valence-corrected chi connectivity index (χ0v) is 15.9. The summed E-state index contributed by atoms with van der Waals surface area (Å²) in [6.45, 7) is 1.41. The molecule has 0 amide bonds. The smallest absolute Gasteiger partial charge is 0.293 e. The van der Waals surface area contributed by atoms with Crippen LogP contribution in [0.3, 0.4) is 0 Å². The summed E-state index contributed by atoms with van der Waals surface area (Å²) in [4.78, 5) is 10.8. The fraction of sp³-hybridized carbons (Fsp3) is 0.294. The van der Waals surface area contributed by atoms with Gasteiger partial charge in [0.2, 0.25) is 10.0 Å². The predicted octanol–water partition coefficient (Wildman–Crippen LogP) is 2.88. The average molecular weight is 412 g/mol. The van der Waals surface area contributed by atoms with E-state index in [4.69, 9.17) is 16.3 Å². The van der Waals surface area contributed by atoms with Crippen LogP contribution in [0, 0.1) is 10.1 Å². The van der Waals surface area contributed by atoms with Crippen LogP contribution in [0.4, 0.5) is 11.4 Å². The fourth-order valence-electron chi connectivity index (χ4n) is 2.71. The fourth-order valence-corrected chi connectivity index (χ4v) is 4.26. The van der Waals surface area contributed by atoms with Crippen LogP contribution in [-0.4, -0.2) is 43.9 Å². The minimum Gasteiger partial charge on any atom is -0.379 e. The van der Waals surface area contributed by atoms with Crippen molar-refractivity contribution in [2.45, 2.75) is 11.4 Å². The monoisotopic (exact) mass is 411 g/mol. The highest BCUT2D eigenvalue weighted by molar-refractivity contribution is 7.89. The van der Waals surface area contributed by atoms with Gasteiger partial charge < -0.3 is 10.1 Å². The second-order valence-electron chi connectivity index (χ2n) is 5.93. The Kier molecular flexibility index (Phi) is 5.95. The van der Waals surface area contributed by atoms with Gasteiger partial charge in [-0.3, -0.25) is 10.1 Å². The van der Waals surface area contributed by atoms with Gasteiger partial charge in [0.15, 0.2) is 0 Å². The summed E-state index contributed by atoms with van der Waals surface area (Å²) in [6, 6.07) is 10.9. The zero-order valence-electron chi connectivity index (χ0n) is 14.3. The molecular formula is C17H18ClN3O5S. The molecular weight excluding hydrogens is 394 g/mol. The molecule has 0 spiro atoms. The first-order valence-corrected chi connectivity index (χ1v) is 10.0. The van der Waals surface area contributed by atoms with Crippen molar-refractivity contribution in [2.75, 3.05) is 31.6 Å². The Morgan fingerprint density at radius 3 is 2.44 bits per heavy atom. The summed E-state index contributed by atoms with van der Waals surface area (Å²) in [7, 11) is -3.80. The standard InChI is InChI=1S/C17H18ClN3O5S/c18-14-3-1-13(2-4-14)12-19-16-6-5-15(11-17(16)21(22)23)27(24,25)20-7-9-26-10-8-20/h1-6,11,19H,7-10,12H2. The quantitative estimate of drug-likeness (QED) is 0.579. The molecule has 1 aliphatic heterocycles. The van der Waals surface area contributed by atoms with E-state index in [1.165, 1.54) is 16.4 Å². The topological polar surface area (TPSA) is 102 Å². The average Bonchev–Trinajstić information content (AvgIpc) is 2.68. The number of nitro groups is 1. The van der Waals surface area contributed by atoms with E-state index in [0.29, 0.717) is 24.8 Å². The van der Waals surface area contributed by atoms with Crippen molar-refractivity contribution in [3.8, 4) is 0 Å². The highest BCUT2D eigenvalue weighted by atomic mass is 35.5. The number of ether oxygens (including phenoxy) is 1. The molecule has 2 aromatic rings. The SMILES string of the molecule is O=[N+]([O-])c1cc(S(=O)(=O)N2CCOCC2)ccc1NCc1ccc(Cl)cc1. The molecule has 1 saturated heterocycles. The van der Waals surface area contributed by atoms with Gasteiger partial charge in [0, 0.05) is 30.7 Å². The Labute approximate surface area is 161 Å².